The van der Waals surface area contributed by atoms with Crippen LogP contribution in [0.5, 0.6) is 0 Å². The molecule has 0 aliphatic rings. The zero-order valence-corrected chi connectivity index (χ0v) is 21.1. The monoisotopic (exact) mass is 528 g/mol. The fraction of sp³-hybridized carbons (Fsp3) is 0.222. The van der Waals surface area contributed by atoms with E-state index in [1.165, 1.54) is 7.11 Å². The molecule has 0 bridgehead atoms. The van der Waals surface area contributed by atoms with E-state index >= 15 is 0 Å². The maximum Gasteiger partial charge on any atom is 0.408 e. The number of methoxy groups -OCH3 is 1. The molecule has 2 atom stereocenters. The van der Waals surface area contributed by atoms with E-state index in [9.17, 15) is 14.4 Å². The second-order valence-corrected chi connectivity index (χ2v) is 8.75. The fourth-order valence-electron chi connectivity index (χ4n) is 3.51. The Labute approximate surface area is 219 Å². The van der Waals surface area contributed by atoms with Gasteiger partial charge in [-0.3, -0.25) is 4.79 Å². The molecule has 7 nitrogen and oxygen atoms in total. The van der Waals surface area contributed by atoms with E-state index in [-0.39, 0.29) is 19.4 Å². The first-order chi connectivity index (χ1) is 17.4. The predicted octanol–water partition coefficient (Wildman–Crippen LogP) is 4.73. The van der Waals surface area contributed by atoms with Gasteiger partial charge in [0.05, 0.1) is 7.11 Å². The Morgan fingerprint density at radius 3 is 1.92 bits per heavy atom. The molecule has 3 rings (SSSR count). The molecule has 3 aromatic carbocycles. The molecule has 3 aromatic rings. The quantitative estimate of drug-likeness (QED) is 0.371. The van der Waals surface area contributed by atoms with Crippen molar-refractivity contribution < 1.29 is 23.9 Å². The summed E-state index contributed by atoms with van der Waals surface area (Å²) in [6.07, 6.45) is -0.583. The number of rotatable bonds is 10. The van der Waals surface area contributed by atoms with Gasteiger partial charge in [-0.15, -0.1) is 0 Å². The minimum Gasteiger partial charge on any atom is -0.467 e. The van der Waals surface area contributed by atoms with Crippen LogP contribution in [0, 0.1) is 0 Å². The zero-order chi connectivity index (χ0) is 25.9. The normalized spacial score (nSPS) is 12.2. The second kappa shape index (κ2) is 13.5. The average Bonchev–Trinajstić information content (AvgIpc) is 2.89. The molecule has 0 aromatic heterocycles. The van der Waals surface area contributed by atoms with Crippen molar-refractivity contribution in [2.75, 3.05) is 7.11 Å². The Morgan fingerprint density at radius 1 is 0.750 bits per heavy atom. The lowest BCUT2D eigenvalue weighted by molar-refractivity contribution is -0.145. The van der Waals surface area contributed by atoms with E-state index in [4.69, 9.17) is 32.7 Å². The van der Waals surface area contributed by atoms with Gasteiger partial charge in [0, 0.05) is 22.9 Å². The third kappa shape index (κ3) is 8.00. The molecule has 0 aliphatic carbocycles. The minimum atomic E-state index is -1.08. The van der Waals surface area contributed by atoms with Crippen LogP contribution >= 0.6 is 23.2 Å². The van der Waals surface area contributed by atoms with Crippen molar-refractivity contribution >= 4 is 41.2 Å². The number of hydrogen-bond donors (Lipinski definition) is 2. The third-order valence-electron chi connectivity index (χ3n) is 5.38. The summed E-state index contributed by atoms with van der Waals surface area (Å²) in [5.41, 5.74) is 2.11. The van der Waals surface area contributed by atoms with E-state index in [0.717, 1.165) is 11.1 Å². The van der Waals surface area contributed by atoms with Crippen LogP contribution in [0.3, 0.4) is 0 Å². The number of carbonyl (C=O) groups excluding carboxylic acids is 3. The van der Waals surface area contributed by atoms with Crippen molar-refractivity contribution in [3.8, 4) is 0 Å². The highest BCUT2D eigenvalue weighted by Gasteiger charge is 2.29. The van der Waals surface area contributed by atoms with E-state index in [1.807, 2.05) is 60.7 Å². The van der Waals surface area contributed by atoms with Crippen molar-refractivity contribution in [3.05, 3.63) is 106 Å². The van der Waals surface area contributed by atoms with Crippen LogP contribution in [-0.2, 0) is 38.5 Å². The summed E-state index contributed by atoms with van der Waals surface area (Å²) in [5.74, 6) is -1.27. The van der Waals surface area contributed by atoms with Gasteiger partial charge in [-0.2, -0.15) is 0 Å². The predicted molar refractivity (Wildman–Crippen MR) is 138 cm³/mol. The summed E-state index contributed by atoms with van der Waals surface area (Å²) in [5, 5.41) is 5.99. The molecule has 188 valence electrons. The van der Waals surface area contributed by atoms with Crippen molar-refractivity contribution in [3.63, 3.8) is 0 Å². The summed E-state index contributed by atoms with van der Waals surface area (Å²) in [7, 11) is 1.22. The smallest absolute Gasteiger partial charge is 0.408 e. The molecule has 0 radical (unpaired) electrons. The number of alkyl carbamates (subject to hydrolysis) is 1. The second-order valence-electron chi connectivity index (χ2n) is 7.94. The SMILES string of the molecule is COC(=O)[C@@H](Cc1c(Cl)cccc1Cl)NC(=O)[C@@H](Cc1ccccc1)NC(=O)OCc1ccccc1. The van der Waals surface area contributed by atoms with Gasteiger partial charge in [-0.1, -0.05) is 89.9 Å². The number of nitrogens with one attached hydrogen (secondary N) is 2. The molecule has 2 amide bonds. The van der Waals surface area contributed by atoms with E-state index in [0.29, 0.717) is 15.6 Å². The van der Waals surface area contributed by atoms with Gasteiger partial charge in [0.25, 0.3) is 0 Å². The van der Waals surface area contributed by atoms with Crippen LogP contribution < -0.4 is 10.6 Å². The van der Waals surface area contributed by atoms with Gasteiger partial charge in [0.1, 0.15) is 18.7 Å². The van der Waals surface area contributed by atoms with Gasteiger partial charge in [-0.05, 0) is 28.8 Å². The summed E-state index contributed by atoms with van der Waals surface area (Å²) in [6, 6.07) is 21.2. The van der Waals surface area contributed by atoms with E-state index in [1.54, 1.807) is 18.2 Å². The van der Waals surface area contributed by atoms with Crippen LogP contribution in [0.4, 0.5) is 4.79 Å². The van der Waals surface area contributed by atoms with Crippen LogP contribution in [0.25, 0.3) is 0 Å². The Morgan fingerprint density at radius 2 is 1.33 bits per heavy atom. The lowest BCUT2D eigenvalue weighted by Gasteiger charge is -2.23. The Hall–Kier alpha value is -3.55. The molecule has 0 spiro atoms. The molecule has 36 heavy (non-hydrogen) atoms. The number of halogens is 2. The van der Waals surface area contributed by atoms with Gasteiger partial charge >= 0.3 is 12.1 Å². The topological polar surface area (TPSA) is 93.7 Å². The number of ether oxygens (including phenoxy) is 2. The Balaban J connectivity index is 1.75. The molecule has 0 aliphatic heterocycles. The Kier molecular flexibility index (Phi) is 10.2. The summed E-state index contributed by atoms with van der Waals surface area (Å²) in [6.45, 7) is 0.0438. The maximum absolute atomic E-state index is 13.3. The summed E-state index contributed by atoms with van der Waals surface area (Å²) >= 11 is 12.5. The van der Waals surface area contributed by atoms with Crippen LogP contribution in [-0.4, -0.2) is 37.2 Å². The molecular formula is C27H26Cl2N2O5. The lowest BCUT2D eigenvalue weighted by atomic mass is 10.0. The lowest BCUT2D eigenvalue weighted by Crippen LogP contribution is -2.53. The first-order valence-electron chi connectivity index (χ1n) is 11.2. The standard InChI is InChI=1S/C27H26Cl2N2O5/c1-35-26(33)24(16-20-21(28)13-8-14-22(20)29)30-25(32)23(15-18-9-4-2-5-10-18)31-27(34)36-17-19-11-6-3-7-12-19/h2-14,23-24H,15-17H2,1H3,(H,30,32)(H,31,34)/t23-,24-/m1/s1. The molecule has 0 unspecified atom stereocenters. The fourth-order valence-corrected chi connectivity index (χ4v) is 4.06. The van der Waals surface area contributed by atoms with Crippen LogP contribution in [0.1, 0.15) is 16.7 Å². The van der Waals surface area contributed by atoms with Crippen LogP contribution in [0.15, 0.2) is 78.9 Å². The number of carbonyl (C=O) groups is 3. The van der Waals surface area contributed by atoms with E-state index < -0.39 is 30.1 Å². The van der Waals surface area contributed by atoms with Gasteiger partial charge < -0.3 is 20.1 Å². The summed E-state index contributed by atoms with van der Waals surface area (Å²) < 4.78 is 10.2. The highest BCUT2D eigenvalue weighted by Crippen LogP contribution is 2.25. The third-order valence-corrected chi connectivity index (χ3v) is 6.08. The van der Waals surface area contributed by atoms with Gasteiger partial charge in [-0.25, -0.2) is 9.59 Å². The van der Waals surface area contributed by atoms with Gasteiger partial charge in [0.2, 0.25) is 5.91 Å². The maximum atomic E-state index is 13.3. The highest BCUT2D eigenvalue weighted by molar-refractivity contribution is 6.36. The average molecular weight is 529 g/mol. The van der Waals surface area contributed by atoms with Crippen molar-refractivity contribution in [1.29, 1.82) is 0 Å². The van der Waals surface area contributed by atoms with Crippen molar-refractivity contribution in [2.45, 2.75) is 31.5 Å². The molecule has 9 heteroatoms. The van der Waals surface area contributed by atoms with E-state index in [2.05, 4.69) is 10.6 Å². The minimum absolute atomic E-state index is 0.00737. The van der Waals surface area contributed by atoms with Crippen molar-refractivity contribution in [1.82, 2.24) is 10.6 Å². The number of benzene rings is 3. The molecular weight excluding hydrogens is 503 g/mol. The Bertz CT molecular complexity index is 1160. The largest absolute Gasteiger partial charge is 0.467 e. The molecule has 0 fully saturated rings. The number of esters is 1. The highest BCUT2D eigenvalue weighted by atomic mass is 35.5. The summed E-state index contributed by atoms with van der Waals surface area (Å²) in [4.78, 5) is 38.3. The molecule has 0 saturated heterocycles. The zero-order valence-electron chi connectivity index (χ0n) is 19.6. The van der Waals surface area contributed by atoms with Crippen LogP contribution in [0.2, 0.25) is 10.0 Å². The first-order valence-corrected chi connectivity index (χ1v) is 11.9. The number of hydrogen-bond acceptors (Lipinski definition) is 5. The molecule has 0 heterocycles. The molecule has 0 saturated carbocycles. The van der Waals surface area contributed by atoms with Crippen molar-refractivity contribution in [2.24, 2.45) is 0 Å². The number of amides is 2. The van der Waals surface area contributed by atoms with Gasteiger partial charge in [0.15, 0.2) is 0 Å². The molecule has 2 N–H and O–H groups in total. The first kappa shape index (κ1) is 27.0.